The molecule has 5 heteroatoms. The fourth-order valence-electron chi connectivity index (χ4n) is 2.38. The van der Waals surface area contributed by atoms with Crippen molar-refractivity contribution in [3.05, 3.63) is 36.0 Å². The van der Waals surface area contributed by atoms with E-state index in [-0.39, 0.29) is 25.4 Å². The van der Waals surface area contributed by atoms with Gasteiger partial charge in [0.2, 0.25) is 5.91 Å². The standard InChI is InChI=1S/C16H23N3O.H2S/c1-3-14(17)16(20)18-10-6-8-13-11-12-7-4-5-9-15(12)19(13)2;/h4-5,7,9,11,14H,3,6,8,10,17H2,1-2H3,(H,18,20);1H2/t14-;/m0./s1. The zero-order valence-electron chi connectivity index (χ0n) is 12.7. The van der Waals surface area contributed by atoms with Gasteiger partial charge in [-0.25, -0.2) is 0 Å². The second kappa shape index (κ2) is 8.10. The van der Waals surface area contributed by atoms with E-state index in [1.54, 1.807) is 0 Å². The maximum Gasteiger partial charge on any atom is 0.236 e. The van der Waals surface area contributed by atoms with Crippen LogP contribution in [-0.2, 0) is 18.3 Å². The summed E-state index contributed by atoms with van der Waals surface area (Å²) in [6.45, 7) is 2.59. The van der Waals surface area contributed by atoms with Crippen LogP contribution in [0.15, 0.2) is 30.3 Å². The first-order valence-electron chi connectivity index (χ1n) is 7.20. The number of hydrogen-bond donors (Lipinski definition) is 2. The van der Waals surface area contributed by atoms with Crippen LogP contribution in [0.1, 0.15) is 25.5 Å². The van der Waals surface area contributed by atoms with Crippen molar-refractivity contribution in [1.29, 1.82) is 0 Å². The summed E-state index contributed by atoms with van der Waals surface area (Å²) in [6.07, 6.45) is 2.55. The average Bonchev–Trinajstić information content (AvgIpc) is 2.79. The van der Waals surface area contributed by atoms with E-state index < -0.39 is 0 Å². The number of carbonyl (C=O) groups is 1. The molecule has 21 heavy (non-hydrogen) atoms. The summed E-state index contributed by atoms with van der Waals surface area (Å²) in [5.41, 5.74) is 8.21. The van der Waals surface area contributed by atoms with Crippen molar-refractivity contribution in [3.8, 4) is 0 Å². The molecule has 2 aromatic rings. The van der Waals surface area contributed by atoms with Crippen LogP contribution < -0.4 is 11.1 Å². The van der Waals surface area contributed by atoms with E-state index >= 15 is 0 Å². The lowest BCUT2D eigenvalue weighted by Crippen LogP contribution is -2.40. The lowest BCUT2D eigenvalue weighted by molar-refractivity contribution is -0.122. The van der Waals surface area contributed by atoms with Gasteiger partial charge >= 0.3 is 0 Å². The Kier molecular flexibility index (Phi) is 6.78. The number of carbonyl (C=O) groups excluding carboxylic acids is 1. The fourth-order valence-corrected chi connectivity index (χ4v) is 2.38. The smallest absolute Gasteiger partial charge is 0.236 e. The van der Waals surface area contributed by atoms with Crippen LogP contribution in [0.3, 0.4) is 0 Å². The Bertz CT molecular complexity index is 594. The zero-order chi connectivity index (χ0) is 14.5. The monoisotopic (exact) mass is 307 g/mol. The van der Waals surface area contributed by atoms with E-state index in [4.69, 9.17) is 5.73 Å². The van der Waals surface area contributed by atoms with Crippen molar-refractivity contribution in [2.45, 2.75) is 32.2 Å². The molecule has 1 heterocycles. The predicted molar refractivity (Wildman–Crippen MR) is 92.9 cm³/mol. The Morgan fingerprint density at radius 3 is 2.76 bits per heavy atom. The summed E-state index contributed by atoms with van der Waals surface area (Å²) >= 11 is 0. The number of nitrogens with one attached hydrogen (secondary N) is 1. The fraction of sp³-hybridized carbons (Fsp3) is 0.438. The highest BCUT2D eigenvalue weighted by atomic mass is 32.1. The van der Waals surface area contributed by atoms with Gasteiger partial charge in [0.25, 0.3) is 0 Å². The third-order valence-corrected chi connectivity index (χ3v) is 3.74. The van der Waals surface area contributed by atoms with Gasteiger partial charge in [-0.2, -0.15) is 13.5 Å². The minimum Gasteiger partial charge on any atom is -0.355 e. The number of rotatable bonds is 6. The van der Waals surface area contributed by atoms with E-state index in [2.05, 4.69) is 47.3 Å². The molecule has 0 aliphatic heterocycles. The Balaban J connectivity index is 0.00000220. The molecule has 0 aliphatic rings. The molecule has 1 atom stereocenters. The third kappa shape index (κ3) is 4.25. The van der Waals surface area contributed by atoms with Crippen LogP contribution in [0.5, 0.6) is 0 Å². The lowest BCUT2D eigenvalue weighted by Gasteiger charge is -2.10. The molecule has 0 unspecified atom stereocenters. The first-order chi connectivity index (χ1) is 9.63. The first-order valence-corrected chi connectivity index (χ1v) is 7.20. The maximum absolute atomic E-state index is 11.6. The number of benzene rings is 1. The van der Waals surface area contributed by atoms with E-state index in [1.165, 1.54) is 16.6 Å². The van der Waals surface area contributed by atoms with Crippen molar-refractivity contribution in [1.82, 2.24) is 9.88 Å². The van der Waals surface area contributed by atoms with Crippen LogP contribution in [0.2, 0.25) is 0 Å². The molecular weight excluding hydrogens is 282 g/mol. The van der Waals surface area contributed by atoms with Gasteiger partial charge in [-0.3, -0.25) is 4.79 Å². The highest BCUT2D eigenvalue weighted by molar-refractivity contribution is 7.59. The minimum atomic E-state index is -0.382. The van der Waals surface area contributed by atoms with Crippen molar-refractivity contribution in [2.75, 3.05) is 6.54 Å². The number of fused-ring (bicyclic) bond motifs is 1. The molecule has 1 amide bonds. The van der Waals surface area contributed by atoms with E-state index in [1.807, 2.05) is 6.92 Å². The van der Waals surface area contributed by atoms with Crippen LogP contribution in [0.4, 0.5) is 0 Å². The van der Waals surface area contributed by atoms with Gasteiger partial charge < -0.3 is 15.6 Å². The quantitative estimate of drug-likeness (QED) is 0.803. The molecular formula is C16H25N3OS. The molecule has 3 N–H and O–H groups in total. The molecule has 0 spiro atoms. The van der Waals surface area contributed by atoms with Crippen molar-refractivity contribution in [2.24, 2.45) is 12.8 Å². The second-order valence-electron chi connectivity index (χ2n) is 5.16. The molecule has 2 rings (SSSR count). The molecule has 1 aromatic heterocycles. The number of nitrogens with two attached hydrogens (primary N) is 1. The van der Waals surface area contributed by atoms with Crippen molar-refractivity contribution in [3.63, 3.8) is 0 Å². The minimum absolute atomic E-state index is 0. The molecule has 116 valence electrons. The van der Waals surface area contributed by atoms with Gasteiger partial charge in [-0.1, -0.05) is 25.1 Å². The molecule has 0 fully saturated rings. The van der Waals surface area contributed by atoms with Crippen LogP contribution >= 0.6 is 13.5 Å². The number of nitrogens with zero attached hydrogens (tertiary/aromatic N) is 1. The molecule has 0 saturated heterocycles. The summed E-state index contributed by atoms with van der Waals surface area (Å²) in [7, 11) is 2.09. The molecule has 0 saturated carbocycles. The van der Waals surface area contributed by atoms with Crippen LogP contribution in [0, 0.1) is 0 Å². The third-order valence-electron chi connectivity index (χ3n) is 3.74. The van der Waals surface area contributed by atoms with E-state index in [0.29, 0.717) is 13.0 Å². The van der Waals surface area contributed by atoms with Gasteiger partial charge in [0.15, 0.2) is 0 Å². The van der Waals surface area contributed by atoms with Gasteiger partial charge in [0.1, 0.15) is 0 Å². The maximum atomic E-state index is 11.6. The van der Waals surface area contributed by atoms with E-state index in [0.717, 1.165) is 12.8 Å². The van der Waals surface area contributed by atoms with Gasteiger partial charge in [-0.05, 0) is 36.8 Å². The van der Waals surface area contributed by atoms with Crippen LogP contribution in [-0.4, -0.2) is 23.1 Å². The van der Waals surface area contributed by atoms with E-state index in [9.17, 15) is 4.79 Å². The Labute approximate surface area is 133 Å². The topological polar surface area (TPSA) is 60.1 Å². The highest BCUT2D eigenvalue weighted by Crippen LogP contribution is 2.19. The van der Waals surface area contributed by atoms with Crippen molar-refractivity contribution >= 4 is 30.3 Å². The Morgan fingerprint density at radius 1 is 1.38 bits per heavy atom. The predicted octanol–water partition coefficient (Wildman–Crippen LogP) is 2.08. The van der Waals surface area contributed by atoms with Gasteiger partial charge in [0, 0.05) is 24.8 Å². The molecule has 1 aromatic carbocycles. The highest BCUT2D eigenvalue weighted by Gasteiger charge is 2.10. The number of hydrogen-bond acceptors (Lipinski definition) is 2. The normalized spacial score (nSPS) is 12.0. The summed E-state index contributed by atoms with van der Waals surface area (Å²) in [5.74, 6) is -0.0513. The number of para-hydroxylation sites is 1. The first kappa shape index (κ1) is 17.6. The zero-order valence-corrected chi connectivity index (χ0v) is 13.7. The Morgan fingerprint density at radius 2 is 2.10 bits per heavy atom. The average molecular weight is 307 g/mol. The van der Waals surface area contributed by atoms with Crippen LogP contribution in [0.25, 0.3) is 10.9 Å². The summed E-state index contributed by atoms with van der Waals surface area (Å²) in [4.78, 5) is 11.6. The molecule has 0 aliphatic carbocycles. The summed E-state index contributed by atoms with van der Waals surface area (Å²) in [6, 6.07) is 10.2. The summed E-state index contributed by atoms with van der Waals surface area (Å²) in [5, 5.41) is 4.15. The van der Waals surface area contributed by atoms with Gasteiger partial charge in [0.05, 0.1) is 6.04 Å². The number of aryl methyl sites for hydroxylation is 2. The number of amides is 1. The molecule has 0 bridgehead atoms. The molecule has 0 radical (unpaired) electrons. The second-order valence-corrected chi connectivity index (χ2v) is 5.16. The number of aromatic nitrogens is 1. The lowest BCUT2D eigenvalue weighted by atomic mass is 10.2. The largest absolute Gasteiger partial charge is 0.355 e. The summed E-state index contributed by atoms with van der Waals surface area (Å²) < 4.78 is 2.22. The SMILES string of the molecule is CC[C@H](N)C(=O)NCCCc1cc2ccccc2n1C.S. The van der Waals surface area contributed by atoms with Crippen molar-refractivity contribution < 1.29 is 4.79 Å². The van der Waals surface area contributed by atoms with Gasteiger partial charge in [-0.15, -0.1) is 0 Å². The molecule has 4 nitrogen and oxygen atoms in total. The Hall–Kier alpha value is -1.46.